The van der Waals surface area contributed by atoms with Crippen molar-refractivity contribution in [2.45, 2.75) is 51.6 Å². The fourth-order valence-corrected chi connectivity index (χ4v) is 4.22. The largest absolute Gasteiger partial charge is 0.342 e. The molecule has 1 atom stereocenters. The zero-order chi connectivity index (χ0) is 15.1. The van der Waals surface area contributed by atoms with Crippen molar-refractivity contribution >= 4 is 16.7 Å². The van der Waals surface area contributed by atoms with Crippen LogP contribution in [0.25, 0.3) is 0 Å². The highest BCUT2D eigenvalue weighted by Crippen LogP contribution is 2.27. The average Bonchev–Trinajstić information content (AvgIpc) is 3.20. The lowest BCUT2D eigenvalue weighted by atomic mass is 10.2. The van der Waals surface area contributed by atoms with Crippen LogP contribution in [0, 0.1) is 6.92 Å². The van der Waals surface area contributed by atoms with E-state index in [1.54, 1.807) is 10.7 Å². The first kappa shape index (κ1) is 13.9. The van der Waals surface area contributed by atoms with Gasteiger partial charge < -0.3 is 4.90 Å². The fourth-order valence-electron chi connectivity index (χ4n) is 3.45. The maximum absolute atomic E-state index is 12.3. The van der Waals surface area contributed by atoms with Crippen LogP contribution in [-0.2, 0) is 19.4 Å². The second-order valence-corrected chi connectivity index (χ2v) is 6.83. The van der Waals surface area contributed by atoms with Crippen molar-refractivity contribution in [2.75, 3.05) is 11.4 Å². The van der Waals surface area contributed by atoms with E-state index in [9.17, 15) is 4.79 Å². The van der Waals surface area contributed by atoms with Gasteiger partial charge in [0, 0.05) is 24.1 Å². The van der Waals surface area contributed by atoms with Gasteiger partial charge >= 0.3 is 0 Å². The first-order valence-corrected chi connectivity index (χ1v) is 8.65. The number of hydrogen-bond acceptors (Lipinski definition) is 6. The summed E-state index contributed by atoms with van der Waals surface area (Å²) in [7, 11) is 0. The Morgan fingerprint density at radius 3 is 3.09 bits per heavy atom. The van der Waals surface area contributed by atoms with E-state index in [-0.39, 0.29) is 11.6 Å². The van der Waals surface area contributed by atoms with Gasteiger partial charge in [-0.25, -0.2) is 9.67 Å². The molecule has 1 aliphatic carbocycles. The summed E-state index contributed by atoms with van der Waals surface area (Å²) in [5.74, 6) is 0.818. The molecule has 2 aromatic heterocycles. The smallest absolute Gasteiger partial charge is 0.267 e. The Hall–Kier alpha value is -1.76. The van der Waals surface area contributed by atoms with E-state index < -0.39 is 0 Å². The van der Waals surface area contributed by atoms with E-state index in [1.165, 1.54) is 11.5 Å². The van der Waals surface area contributed by atoms with Gasteiger partial charge in [0.1, 0.15) is 5.82 Å². The second kappa shape index (κ2) is 5.46. The molecule has 0 bridgehead atoms. The maximum atomic E-state index is 12.3. The predicted octanol–water partition coefficient (Wildman–Crippen LogP) is 1.56. The van der Waals surface area contributed by atoms with E-state index >= 15 is 0 Å². The molecule has 0 N–H and O–H groups in total. The summed E-state index contributed by atoms with van der Waals surface area (Å²) in [5.41, 5.74) is 2.28. The van der Waals surface area contributed by atoms with Gasteiger partial charge in [-0.2, -0.15) is 9.47 Å². The molecule has 0 amide bonds. The van der Waals surface area contributed by atoms with Crippen LogP contribution in [-0.4, -0.2) is 31.7 Å². The van der Waals surface area contributed by atoms with Crippen molar-refractivity contribution in [1.82, 2.24) is 19.1 Å². The van der Waals surface area contributed by atoms with Crippen molar-refractivity contribution in [1.29, 1.82) is 0 Å². The van der Waals surface area contributed by atoms with Crippen molar-refractivity contribution in [2.24, 2.45) is 0 Å². The molecule has 1 unspecified atom stereocenters. The molecular weight excluding hydrogens is 298 g/mol. The normalized spacial score (nSPS) is 20.6. The minimum Gasteiger partial charge on any atom is -0.342 e. The van der Waals surface area contributed by atoms with Crippen molar-refractivity contribution < 1.29 is 0 Å². The number of aromatic nitrogens is 4. The molecule has 0 aromatic carbocycles. The van der Waals surface area contributed by atoms with Gasteiger partial charge in [-0.3, -0.25) is 4.79 Å². The molecular formula is C15H19N5OS. The van der Waals surface area contributed by atoms with Gasteiger partial charge in [0.15, 0.2) is 0 Å². The number of fused-ring (bicyclic) bond motifs is 1. The van der Waals surface area contributed by atoms with E-state index in [2.05, 4.69) is 19.4 Å². The van der Waals surface area contributed by atoms with Gasteiger partial charge in [-0.15, -0.1) is 0 Å². The van der Waals surface area contributed by atoms with Crippen molar-refractivity contribution in [3.8, 4) is 0 Å². The Morgan fingerprint density at radius 2 is 2.27 bits per heavy atom. The molecule has 4 rings (SSSR count). The summed E-state index contributed by atoms with van der Waals surface area (Å²) in [4.78, 5) is 19.0. The average molecular weight is 317 g/mol. The lowest BCUT2D eigenvalue weighted by Crippen LogP contribution is -2.37. The van der Waals surface area contributed by atoms with E-state index in [0.717, 1.165) is 60.9 Å². The van der Waals surface area contributed by atoms with Gasteiger partial charge in [0.2, 0.25) is 5.13 Å². The first-order valence-electron chi connectivity index (χ1n) is 7.87. The van der Waals surface area contributed by atoms with Crippen LogP contribution in [0.1, 0.15) is 36.3 Å². The summed E-state index contributed by atoms with van der Waals surface area (Å²) >= 11 is 1.44. The predicted molar refractivity (Wildman–Crippen MR) is 85.5 cm³/mol. The van der Waals surface area contributed by atoms with Crippen LogP contribution in [0.3, 0.4) is 0 Å². The molecule has 0 spiro atoms. The molecule has 2 aromatic rings. The summed E-state index contributed by atoms with van der Waals surface area (Å²) in [6.45, 7) is 3.54. The molecule has 1 saturated heterocycles. The Labute approximate surface area is 133 Å². The summed E-state index contributed by atoms with van der Waals surface area (Å²) in [6.07, 6.45) is 5.32. The number of anilines is 1. The van der Waals surface area contributed by atoms with Crippen LogP contribution < -0.4 is 10.5 Å². The lowest BCUT2D eigenvalue weighted by molar-refractivity contribution is 0.483. The number of rotatable bonds is 3. The van der Waals surface area contributed by atoms with Gasteiger partial charge in [0.05, 0.1) is 18.3 Å². The molecule has 7 heteroatoms. The zero-order valence-corrected chi connectivity index (χ0v) is 13.5. The topological polar surface area (TPSA) is 63.9 Å². The third kappa shape index (κ3) is 2.43. The molecule has 22 heavy (non-hydrogen) atoms. The number of aryl methyl sites for hydroxylation is 3. The van der Waals surface area contributed by atoms with Gasteiger partial charge in [-0.05, 0) is 44.6 Å². The van der Waals surface area contributed by atoms with Gasteiger partial charge in [-0.1, -0.05) is 0 Å². The van der Waals surface area contributed by atoms with E-state index in [1.807, 2.05) is 6.92 Å². The van der Waals surface area contributed by atoms with Crippen LogP contribution >= 0.6 is 11.5 Å². The minimum absolute atomic E-state index is 0.0287. The zero-order valence-electron chi connectivity index (χ0n) is 12.7. The molecule has 0 radical (unpaired) electrons. The molecule has 6 nitrogen and oxygen atoms in total. The lowest BCUT2D eigenvalue weighted by Gasteiger charge is -2.23. The van der Waals surface area contributed by atoms with Crippen molar-refractivity contribution in [3.63, 3.8) is 0 Å². The molecule has 1 fully saturated rings. The standard InChI is InChI=1S/C15H19N5OS/c1-10-16-15(22-18-10)19-7-3-5-12(19)9-20-14(21)8-11-4-2-6-13(11)17-20/h8,12H,2-7,9H2,1H3. The van der Waals surface area contributed by atoms with Crippen LogP contribution in [0.4, 0.5) is 5.13 Å². The minimum atomic E-state index is 0.0287. The molecule has 2 aliphatic rings. The molecule has 116 valence electrons. The van der Waals surface area contributed by atoms with Gasteiger partial charge in [0.25, 0.3) is 5.56 Å². The Bertz CT molecular complexity index is 753. The van der Waals surface area contributed by atoms with E-state index in [0.29, 0.717) is 6.54 Å². The number of hydrogen-bond donors (Lipinski definition) is 0. The monoisotopic (exact) mass is 317 g/mol. The van der Waals surface area contributed by atoms with Crippen LogP contribution in [0.5, 0.6) is 0 Å². The van der Waals surface area contributed by atoms with Crippen LogP contribution in [0.2, 0.25) is 0 Å². The Morgan fingerprint density at radius 1 is 1.36 bits per heavy atom. The molecule has 0 saturated carbocycles. The number of nitrogens with zero attached hydrogens (tertiary/aromatic N) is 5. The summed E-state index contributed by atoms with van der Waals surface area (Å²) in [6, 6.07) is 2.07. The third-order valence-electron chi connectivity index (χ3n) is 4.55. The quantitative estimate of drug-likeness (QED) is 0.859. The fraction of sp³-hybridized carbons (Fsp3) is 0.600. The highest BCUT2D eigenvalue weighted by molar-refractivity contribution is 7.09. The summed E-state index contributed by atoms with van der Waals surface area (Å²) < 4.78 is 5.93. The third-order valence-corrected chi connectivity index (χ3v) is 5.39. The first-order chi connectivity index (χ1) is 10.7. The van der Waals surface area contributed by atoms with E-state index in [4.69, 9.17) is 0 Å². The molecule has 1 aliphatic heterocycles. The Balaban J connectivity index is 1.59. The maximum Gasteiger partial charge on any atom is 0.267 e. The Kier molecular flexibility index (Phi) is 3.44. The highest BCUT2D eigenvalue weighted by atomic mass is 32.1. The summed E-state index contributed by atoms with van der Waals surface area (Å²) in [5, 5.41) is 5.56. The SMILES string of the molecule is Cc1nsc(N2CCCC2Cn2nc3c(cc2=O)CCC3)n1. The second-order valence-electron chi connectivity index (χ2n) is 6.10. The van der Waals surface area contributed by atoms with Crippen LogP contribution in [0.15, 0.2) is 10.9 Å². The molecule has 3 heterocycles. The highest BCUT2D eigenvalue weighted by Gasteiger charge is 2.28. The van der Waals surface area contributed by atoms with Crippen molar-refractivity contribution in [3.05, 3.63) is 33.5 Å².